The van der Waals surface area contributed by atoms with Crippen LogP contribution in [0.4, 0.5) is 18.9 Å². The molecule has 0 fully saturated rings. The topological polar surface area (TPSA) is 29.5 Å². The quantitative estimate of drug-likeness (QED) is 0.353. The summed E-state index contributed by atoms with van der Waals surface area (Å²) in [6, 6.07) is 20.2. The van der Waals surface area contributed by atoms with Gasteiger partial charge in [-0.2, -0.15) is 13.2 Å². The molecule has 0 aliphatic carbocycles. The van der Waals surface area contributed by atoms with Crippen molar-refractivity contribution in [3.8, 4) is 0 Å². The highest BCUT2D eigenvalue weighted by Gasteiger charge is 2.31. The number of anilines is 1. The van der Waals surface area contributed by atoms with Crippen molar-refractivity contribution in [3.63, 3.8) is 0 Å². The van der Waals surface area contributed by atoms with Crippen LogP contribution in [-0.2, 0) is 22.1 Å². The van der Waals surface area contributed by atoms with E-state index in [-0.39, 0.29) is 12.0 Å². The molecule has 6 heteroatoms. The largest absolute Gasteiger partial charge is 0.416 e. The number of halogens is 3. The van der Waals surface area contributed by atoms with E-state index in [0.717, 1.165) is 40.1 Å². The number of alkyl halides is 3. The lowest BCUT2D eigenvalue weighted by atomic mass is 10.0. The average molecular weight is 470 g/mol. The Labute approximate surface area is 199 Å². The van der Waals surface area contributed by atoms with Gasteiger partial charge in [0.2, 0.25) is 0 Å². The zero-order valence-electron chi connectivity index (χ0n) is 19.9. The maximum Gasteiger partial charge on any atom is 0.416 e. The fourth-order valence-corrected chi connectivity index (χ4v) is 3.68. The van der Waals surface area contributed by atoms with E-state index in [9.17, 15) is 18.0 Å². The van der Waals surface area contributed by atoms with Crippen molar-refractivity contribution in [2.24, 2.45) is 0 Å². The van der Waals surface area contributed by atoms with Crippen molar-refractivity contribution in [1.82, 2.24) is 0 Å². The third kappa shape index (κ3) is 6.48. The predicted molar refractivity (Wildman–Crippen MR) is 129 cm³/mol. The number of hydrogen-bond acceptors (Lipinski definition) is 2. The average Bonchev–Trinajstić information content (AvgIpc) is 2.80. The van der Waals surface area contributed by atoms with Crippen LogP contribution in [0, 0.1) is 13.8 Å². The number of carbonyl (C=O) groups excluding carboxylic acids is 1. The number of benzene rings is 3. The first kappa shape index (κ1) is 25.5. The standard InChI is InChI=1S/C28H30F3NO2/c1-19(2)34-26(23-8-6-5-7-9-23)27(33)32(25-15-10-20(3)21(4)18-25)17-16-22-11-13-24(14-12-22)28(29,30)31/h5-15,18-19,26H,16-17H2,1-4H3/t26-/m1/s1. The molecule has 1 amide bonds. The van der Waals surface area contributed by atoms with Crippen LogP contribution >= 0.6 is 0 Å². The van der Waals surface area contributed by atoms with E-state index in [1.165, 1.54) is 12.1 Å². The van der Waals surface area contributed by atoms with Crippen molar-refractivity contribution < 1.29 is 22.7 Å². The van der Waals surface area contributed by atoms with E-state index in [4.69, 9.17) is 4.74 Å². The summed E-state index contributed by atoms with van der Waals surface area (Å²) in [6.45, 7) is 8.05. The van der Waals surface area contributed by atoms with Gasteiger partial charge in [-0.1, -0.05) is 48.5 Å². The SMILES string of the molecule is Cc1ccc(N(CCc2ccc(C(F)(F)F)cc2)C(=O)[C@H](OC(C)C)c2ccccc2)cc1C. The Bertz CT molecular complexity index is 1090. The second kappa shape index (κ2) is 10.9. The summed E-state index contributed by atoms with van der Waals surface area (Å²) >= 11 is 0. The maximum atomic E-state index is 13.8. The molecule has 3 nitrogen and oxygen atoms in total. The highest BCUT2D eigenvalue weighted by atomic mass is 19.4. The lowest BCUT2D eigenvalue weighted by Gasteiger charge is -2.29. The van der Waals surface area contributed by atoms with Gasteiger partial charge in [0, 0.05) is 12.2 Å². The van der Waals surface area contributed by atoms with E-state index >= 15 is 0 Å². The van der Waals surface area contributed by atoms with Gasteiger partial charge in [-0.25, -0.2) is 0 Å². The minimum Gasteiger partial charge on any atom is -0.361 e. The summed E-state index contributed by atoms with van der Waals surface area (Å²) in [7, 11) is 0. The second-order valence-corrected chi connectivity index (χ2v) is 8.68. The third-order valence-electron chi connectivity index (χ3n) is 5.71. The molecule has 0 spiro atoms. The molecule has 0 saturated carbocycles. The van der Waals surface area contributed by atoms with Gasteiger partial charge in [0.15, 0.2) is 6.10 Å². The van der Waals surface area contributed by atoms with Crippen LogP contribution in [0.3, 0.4) is 0 Å². The number of ether oxygens (including phenoxy) is 1. The molecule has 0 bridgehead atoms. The number of aryl methyl sites for hydroxylation is 2. The van der Waals surface area contributed by atoms with Gasteiger partial charge in [-0.3, -0.25) is 4.79 Å². The van der Waals surface area contributed by atoms with Crippen molar-refractivity contribution >= 4 is 11.6 Å². The summed E-state index contributed by atoms with van der Waals surface area (Å²) in [5.41, 5.74) is 3.67. The van der Waals surface area contributed by atoms with Crippen molar-refractivity contribution in [2.75, 3.05) is 11.4 Å². The molecule has 0 unspecified atom stereocenters. The van der Waals surface area contributed by atoms with E-state index in [1.54, 1.807) is 4.90 Å². The number of amides is 1. The van der Waals surface area contributed by atoms with Gasteiger partial charge >= 0.3 is 6.18 Å². The molecule has 0 N–H and O–H groups in total. The van der Waals surface area contributed by atoms with Gasteiger partial charge in [-0.15, -0.1) is 0 Å². The maximum absolute atomic E-state index is 13.8. The lowest BCUT2D eigenvalue weighted by Crippen LogP contribution is -2.38. The van der Waals surface area contributed by atoms with Gasteiger partial charge in [0.05, 0.1) is 11.7 Å². The van der Waals surface area contributed by atoms with Crippen LogP contribution < -0.4 is 4.90 Å². The van der Waals surface area contributed by atoms with Gasteiger partial charge in [-0.05, 0) is 80.6 Å². The fraction of sp³-hybridized carbons (Fsp3) is 0.321. The Kier molecular flexibility index (Phi) is 8.15. The minimum atomic E-state index is -4.38. The Balaban J connectivity index is 1.92. The van der Waals surface area contributed by atoms with Crippen LogP contribution in [0.25, 0.3) is 0 Å². The number of rotatable bonds is 8. The molecular formula is C28H30F3NO2. The van der Waals surface area contributed by atoms with Gasteiger partial charge in [0.25, 0.3) is 5.91 Å². The predicted octanol–water partition coefficient (Wildman–Crippen LogP) is 7.06. The number of nitrogens with zero attached hydrogens (tertiary/aromatic N) is 1. The molecule has 0 aliphatic heterocycles. The second-order valence-electron chi connectivity index (χ2n) is 8.68. The molecule has 0 heterocycles. The molecule has 0 aromatic heterocycles. The van der Waals surface area contributed by atoms with Crippen LogP contribution in [0.1, 0.15) is 47.8 Å². The smallest absolute Gasteiger partial charge is 0.361 e. The third-order valence-corrected chi connectivity index (χ3v) is 5.71. The zero-order chi connectivity index (χ0) is 24.9. The van der Waals surface area contributed by atoms with E-state index in [0.29, 0.717) is 13.0 Å². The highest BCUT2D eigenvalue weighted by Crippen LogP contribution is 2.30. The highest BCUT2D eigenvalue weighted by molar-refractivity contribution is 5.97. The fourth-order valence-electron chi connectivity index (χ4n) is 3.68. The van der Waals surface area contributed by atoms with Gasteiger partial charge < -0.3 is 9.64 Å². The minimum absolute atomic E-state index is 0.175. The molecule has 3 rings (SSSR count). The molecule has 3 aromatic carbocycles. The first-order chi connectivity index (χ1) is 16.1. The summed E-state index contributed by atoms with van der Waals surface area (Å²) in [4.78, 5) is 15.5. The molecular weight excluding hydrogens is 439 g/mol. The van der Waals surface area contributed by atoms with Crippen molar-refractivity contribution in [3.05, 3.63) is 101 Å². The van der Waals surface area contributed by atoms with E-state index < -0.39 is 17.8 Å². The summed E-state index contributed by atoms with van der Waals surface area (Å²) < 4.78 is 44.8. The Morgan fingerprint density at radius 2 is 1.56 bits per heavy atom. The first-order valence-corrected chi connectivity index (χ1v) is 11.3. The monoisotopic (exact) mass is 469 g/mol. The molecule has 3 aromatic rings. The molecule has 34 heavy (non-hydrogen) atoms. The molecule has 0 aliphatic rings. The Morgan fingerprint density at radius 1 is 0.912 bits per heavy atom. The first-order valence-electron chi connectivity index (χ1n) is 11.3. The lowest BCUT2D eigenvalue weighted by molar-refractivity contribution is -0.137. The normalized spacial score (nSPS) is 12.6. The molecule has 1 atom stereocenters. The number of carbonyl (C=O) groups is 1. The van der Waals surface area contributed by atoms with Gasteiger partial charge in [0.1, 0.15) is 0 Å². The van der Waals surface area contributed by atoms with Crippen LogP contribution in [0.15, 0.2) is 72.8 Å². The Hall–Kier alpha value is -3.12. The Morgan fingerprint density at radius 3 is 2.12 bits per heavy atom. The van der Waals surface area contributed by atoms with Crippen LogP contribution in [0.5, 0.6) is 0 Å². The van der Waals surface area contributed by atoms with Crippen LogP contribution in [-0.4, -0.2) is 18.6 Å². The summed E-state index contributed by atoms with van der Waals surface area (Å²) in [5.74, 6) is -0.213. The summed E-state index contributed by atoms with van der Waals surface area (Å²) in [5, 5.41) is 0. The number of hydrogen-bond donors (Lipinski definition) is 0. The molecule has 0 saturated heterocycles. The molecule has 0 radical (unpaired) electrons. The van der Waals surface area contributed by atoms with Crippen molar-refractivity contribution in [2.45, 2.75) is 52.5 Å². The van der Waals surface area contributed by atoms with Crippen LogP contribution in [0.2, 0.25) is 0 Å². The van der Waals surface area contributed by atoms with Crippen molar-refractivity contribution in [1.29, 1.82) is 0 Å². The summed E-state index contributed by atoms with van der Waals surface area (Å²) in [6.07, 6.45) is -4.95. The van der Waals surface area contributed by atoms with E-state index in [2.05, 4.69) is 0 Å². The molecule has 180 valence electrons. The zero-order valence-corrected chi connectivity index (χ0v) is 19.9. The van der Waals surface area contributed by atoms with E-state index in [1.807, 2.05) is 76.2 Å².